The van der Waals surface area contributed by atoms with E-state index < -0.39 is 0 Å². The minimum absolute atomic E-state index is 0.251. The van der Waals surface area contributed by atoms with Gasteiger partial charge in [-0.3, -0.25) is 0 Å². The maximum atomic E-state index is 5.17. The molecule has 0 aliphatic carbocycles. The third kappa shape index (κ3) is 4.80. The summed E-state index contributed by atoms with van der Waals surface area (Å²) in [5.74, 6) is 0.937. The molecular formula is C15H30N4O. The topological polar surface area (TPSA) is 42.3 Å². The monoisotopic (exact) mass is 282 g/mol. The van der Waals surface area contributed by atoms with Crippen LogP contribution < -0.4 is 5.32 Å². The molecule has 1 rings (SSSR count). The standard InChI is InChI=1S/C15H30N4O/c1-7-18(8-2)10-14(5)19-9-12(3)16-15(19)17-13(4)11-20-6/h9,13-14H,7-8,10-11H2,1-6H3,(H,16,17). The molecule has 0 aliphatic heterocycles. The van der Waals surface area contributed by atoms with Gasteiger partial charge in [-0.05, 0) is 33.9 Å². The lowest BCUT2D eigenvalue weighted by atomic mass is 10.3. The van der Waals surface area contributed by atoms with Crippen LogP contribution in [0.1, 0.15) is 39.4 Å². The van der Waals surface area contributed by atoms with Gasteiger partial charge in [0.1, 0.15) is 0 Å². The Bertz CT molecular complexity index is 387. The molecule has 2 atom stereocenters. The summed E-state index contributed by atoms with van der Waals surface area (Å²) >= 11 is 0. The number of methoxy groups -OCH3 is 1. The minimum atomic E-state index is 0.251. The first kappa shape index (κ1) is 17.0. The van der Waals surface area contributed by atoms with Crippen molar-refractivity contribution >= 4 is 5.95 Å². The van der Waals surface area contributed by atoms with Crippen LogP contribution in [-0.2, 0) is 4.74 Å². The van der Waals surface area contributed by atoms with E-state index in [1.165, 1.54) is 0 Å². The molecule has 0 amide bonds. The largest absolute Gasteiger partial charge is 0.383 e. The molecule has 1 aromatic rings. The number of nitrogens with one attached hydrogen (secondary N) is 1. The Morgan fingerprint density at radius 2 is 2.00 bits per heavy atom. The third-order valence-corrected chi connectivity index (χ3v) is 3.54. The van der Waals surface area contributed by atoms with Crippen LogP contribution in [0.15, 0.2) is 6.20 Å². The Hall–Kier alpha value is -1.07. The first-order valence-corrected chi connectivity index (χ1v) is 7.55. The van der Waals surface area contributed by atoms with Crippen molar-refractivity contribution in [2.24, 2.45) is 0 Å². The molecule has 20 heavy (non-hydrogen) atoms. The van der Waals surface area contributed by atoms with E-state index in [2.05, 4.69) is 53.7 Å². The van der Waals surface area contributed by atoms with Gasteiger partial charge in [-0.2, -0.15) is 0 Å². The van der Waals surface area contributed by atoms with Crippen LogP contribution in [0.5, 0.6) is 0 Å². The summed E-state index contributed by atoms with van der Waals surface area (Å²) in [6.07, 6.45) is 2.12. The highest BCUT2D eigenvalue weighted by Gasteiger charge is 2.15. The molecular weight excluding hydrogens is 252 g/mol. The molecule has 0 saturated heterocycles. The van der Waals surface area contributed by atoms with Gasteiger partial charge >= 0.3 is 0 Å². The molecule has 0 fully saturated rings. The number of anilines is 1. The number of rotatable bonds is 9. The van der Waals surface area contributed by atoms with Gasteiger partial charge < -0.3 is 19.5 Å². The molecule has 0 radical (unpaired) electrons. The zero-order valence-corrected chi connectivity index (χ0v) is 13.8. The van der Waals surface area contributed by atoms with Crippen molar-refractivity contribution in [2.45, 2.75) is 46.7 Å². The highest BCUT2D eigenvalue weighted by atomic mass is 16.5. The lowest BCUT2D eigenvalue weighted by Crippen LogP contribution is -2.30. The van der Waals surface area contributed by atoms with Crippen molar-refractivity contribution in [3.05, 3.63) is 11.9 Å². The Morgan fingerprint density at radius 3 is 2.55 bits per heavy atom. The Morgan fingerprint density at radius 1 is 1.35 bits per heavy atom. The molecule has 1 heterocycles. The van der Waals surface area contributed by atoms with Crippen LogP contribution in [-0.4, -0.2) is 53.8 Å². The molecule has 1 aromatic heterocycles. The van der Waals surface area contributed by atoms with Crippen molar-refractivity contribution in [1.29, 1.82) is 0 Å². The number of likely N-dealkylation sites (N-methyl/N-ethyl adjacent to an activating group) is 1. The number of ether oxygens (including phenoxy) is 1. The second-order valence-corrected chi connectivity index (χ2v) is 5.45. The van der Waals surface area contributed by atoms with E-state index in [0.29, 0.717) is 12.6 Å². The predicted molar refractivity (Wildman–Crippen MR) is 84.4 cm³/mol. The van der Waals surface area contributed by atoms with Crippen molar-refractivity contribution < 1.29 is 4.74 Å². The highest BCUT2D eigenvalue weighted by molar-refractivity contribution is 5.30. The Labute approximate surface area is 123 Å². The van der Waals surface area contributed by atoms with Gasteiger partial charge in [0, 0.05) is 31.9 Å². The maximum absolute atomic E-state index is 5.17. The summed E-state index contributed by atoms with van der Waals surface area (Å²) in [5.41, 5.74) is 1.04. The molecule has 0 aromatic carbocycles. The lowest BCUT2D eigenvalue weighted by Gasteiger charge is -2.25. The van der Waals surface area contributed by atoms with Gasteiger partial charge in [-0.15, -0.1) is 0 Å². The van der Waals surface area contributed by atoms with Gasteiger partial charge in [-0.1, -0.05) is 13.8 Å². The summed E-state index contributed by atoms with van der Waals surface area (Å²) in [6, 6.07) is 0.648. The van der Waals surface area contributed by atoms with E-state index in [1.54, 1.807) is 7.11 Å². The second kappa shape index (κ2) is 8.27. The third-order valence-electron chi connectivity index (χ3n) is 3.54. The highest BCUT2D eigenvalue weighted by Crippen LogP contribution is 2.18. The van der Waals surface area contributed by atoms with Gasteiger partial charge in [0.25, 0.3) is 0 Å². The van der Waals surface area contributed by atoms with E-state index >= 15 is 0 Å². The molecule has 2 unspecified atom stereocenters. The number of imidazole rings is 1. The van der Waals surface area contributed by atoms with Crippen LogP contribution in [0.25, 0.3) is 0 Å². The summed E-state index contributed by atoms with van der Waals surface area (Å²) in [7, 11) is 1.72. The van der Waals surface area contributed by atoms with Crippen LogP contribution in [0.4, 0.5) is 5.95 Å². The molecule has 5 nitrogen and oxygen atoms in total. The average Bonchev–Trinajstić information content (AvgIpc) is 2.76. The fourth-order valence-electron chi connectivity index (χ4n) is 2.41. The minimum Gasteiger partial charge on any atom is -0.383 e. The maximum Gasteiger partial charge on any atom is 0.203 e. The fraction of sp³-hybridized carbons (Fsp3) is 0.800. The van der Waals surface area contributed by atoms with E-state index in [9.17, 15) is 0 Å². The van der Waals surface area contributed by atoms with Crippen molar-refractivity contribution in [2.75, 3.05) is 38.7 Å². The zero-order chi connectivity index (χ0) is 15.1. The van der Waals surface area contributed by atoms with Crippen LogP contribution in [0.2, 0.25) is 0 Å². The Balaban J connectivity index is 2.78. The molecule has 116 valence electrons. The normalized spacial score (nSPS) is 14.6. The fourth-order valence-corrected chi connectivity index (χ4v) is 2.41. The van der Waals surface area contributed by atoms with Crippen molar-refractivity contribution in [1.82, 2.24) is 14.5 Å². The van der Waals surface area contributed by atoms with E-state index in [0.717, 1.165) is 31.3 Å². The zero-order valence-electron chi connectivity index (χ0n) is 13.8. The van der Waals surface area contributed by atoms with E-state index in [4.69, 9.17) is 4.74 Å². The lowest BCUT2D eigenvalue weighted by molar-refractivity contribution is 0.190. The molecule has 0 aliphatic rings. The number of nitrogens with zero attached hydrogens (tertiary/aromatic N) is 3. The summed E-state index contributed by atoms with van der Waals surface area (Å²) < 4.78 is 7.41. The predicted octanol–water partition coefficient (Wildman–Crippen LogP) is 2.54. The molecule has 0 saturated carbocycles. The van der Waals surface area contributed by atoms with Crippen LogP contribution >= 0.6 is 0 Å². The van der Waals surface area contributed by atoms with Gasteiger partial charge in [0.2, 0.25) is 5.95 Å². The molecule has 1 N–H and O–H groups in total. The van der Waals surface area contributed by atoms with Crippen LogP contribution in [0, 0.1) is 6.92 Å². The molecule has 0 bridgehead atoms. The Kier molecular flexibility index (Phi) is 7.02. The summed E-state index contributed by atoms with van der Waals surface area (Å²) in [6.45, 7) is 14.7. The average molecular weight is 282 g/mol. The smallest absolute Gasteiger partial charge is 0.203 e. The van der Waals surface area contributed by atoms with Gasteiger partial charge in [0.15, 0.2) is 0 Å². The number of hydrogen-bond acceptors (Lipinski definition) is 4. The van der Waals surface area contributed by atoms with Gasteiger partial charge in [-0.25, -0.2) is 4.98 Å². The first-order valence-electron chi connectivity index (χ1n) is 7.55. The SMILES string of the molecule is CCN(CC)CC(C)n1cc(C)nc1NC(C)COC. The molecule has 0 spiro atoms. The first-order chi connectivity index (χ1) is 9.51. The number of aryl methyl sites for hydroxylation is 1. The van der Waals surface area contributed by atoms with E-state index in [1.807, 2.05) is 6.92 Å². The number of aromatic nitrogens is 2. The van der Waals surface area contributed by atoms with Gasteiger partial charge in [0.05, 0.1) is 12.3 Å². The quantitative estimate of drug-likeness (QED) is 0.756. The van der Waals surface area contributed by atoms with Crippen LogP contribution in [0.3, 0.4) is 0 Å². The number of hydrogen-bond donors (Lipinski definition) is 1. The summed E-state index contributed by atoms with van der Waals surface area (Å²) in [4.78, 5) is 7.02. The van der Waals surface area contributed by atoms with Crippen molar-refractivity contribution in [3.63, 3.8) is 0 Å². The van der Waals surface area contributed by atoms with E-state index in [-0.39, 0.29) is 6.04 Å². The van der Waals surface area contributed by atoms with Crippen molar-refractivity contribution in [3.8, 4) is 0 Å². The second-order valence-electron chi connectivity index (χ2n) is 5.45. The molecule has 5 heteroatoms. The summed E-state index contributed by atoms with van der Waals surface area (Å²) in [5, 5.41) is 3.43.